The largest absolute Gasteiger partial charge is 0.478 e. The van der Waals surface area contributed by atoms with Crippen LogP contribution in [-0.2, 0) is 4.79 Å². The van der Waals surface area contributed by atoms with E-state index in [9.17, 15) is 9.59 Å². The number of aromatic carboxylic acids is 1. The molecule has 1 aromatic carbocycles. The fourth-order valence-electron chi connectivity index (χ4n) is 3.09. The van der Waals surface area contributed by atoms with Crippen molar-refractivity contribution in [1.29, 1.82) is 0 Å². The minimum Gasteiger partial charge on any atom is -0.478 e. The van der Waals surface area contributed by atoms with Gasteiger partial charge in [-0.1, -0.05) is 12.1 Å². The standard InChI is InChI=1S/C18H18N2O3/c1-12(21)20-10-2-3-17(20)15-8-9-19-16(11-15)13-4-6-14(7-5-13)18(22)23/h4-9,11,17H,2-3,10H2,1H3,(H,22,23). The van der Waals surface area contributed by atoms with Crippen molar-refractivity contribution in [3.05, 3.63) is 53.7 Å². The minimum atomic E-state index is -0.943. The number of likely N-dealkylation sites (tertiary alicyclic amines) is 1. The molecule has 1 unspecified atom stereocenters. The Hall–Kier alpha value is -2.69. The quantitative estimate of drug-likeness (QED) is 0.945. The maximum atomic E-state index is 11.7. The Morgan fingerprint density at radius 2 is 1.96 bits per heavy atom. The Morgan fingerprint density at radius 1 is 1.22 bits per heavy atom. The highest BCUT2D eigenvalue weighted by Gasteiger charge is 2.28. The number of hydrogen-bond acceptors (Lipinski definition) is 3. The highest BCUT2D eigenvalue weighted by Crippen LogP contribution is 2.33. The molecular weight excluding hydrogens is 292 g/mol. The summed E-state index contributed by atoms with van der Waals surface area (Å²) in [6.07, 6.45) is 3.71. The highest BCUT2D eigenvalue weighted by atomic mass is 16.4. The van der Waals surface area contributed by atoms with Gasteiger partial charge < -0.3 is 10.0 Å². The first kappa shape index (κ1) is 15.2. The Labute approximate surface area is 134 Å². The van der Waals surface area contributed by atoms with Crippen LogP contribution < -0.4 is 0 Å². The van der Waals surface area contributed by atoms with E-state index in [1.807, 2.05) is 17.0 Å². The smallest absolute Gasteiger partial charge is 0.335 e. The number of carbonyl (C=O) groups is 2. The molecule has 1 saturated heterocycles. The molecule has 2 aromatic rings. The summed E-state index contributed by atoms with van der Waals surface area (Å²) in [7, 11) is 0. The van der Waals surface area contributed by atoms with Crippen molar-refractivity contribution in [3.63, 3.8) is 0 Å². The molecular formula is C18H18N2O3. The number of carboxylic acid groups (broad SMARTS) is 1. The topological polar surface area (TPSA) is 70.5 Å². The summed E-state index contributed by atoms with van der Waals surface area (Å²) in [4.78, 5) is 28.9. The fraction of sp³-hybridized carbons (Fsp3) is 0.278. The van der Waals surface area contributed by atoms with E-state index in [4.69, 9.17) is 5.11 Å². The first-order valence-corrected chi connectivity index (χ1v) is 7.63. The molecule has 5 nitrogen and oxygen atoms in total. The summed E-state index contributed by atoms with van der Waals surface area (Å²) in [6, 6.07) is 10.7. The van der Waals surface area contributed by atoms with Gasteiger partial charge in [-0.3, -0.25) is 9.78 Å². The number of hydrogen-bond donors (Lipinski definition) is 1. The van der Waals surface area contributed by atoms with Crippen LogP contribution in [0.3, 0.4) is 0 Å². The van der Waals surface area contributed by atoms with Gasteiger partial charge in [-0.25, -0.2) is 4.79 Å². The van der Waals surface area contributed by atoms with Crippen LogP contribution in [0.15, 0.2) is 42.6 Å². The molecule has 0 bridgehead atoms. The molecule has 5 heteroatoms. The van der Waals surface area contributed by atoms with Gasteiger partial charge in [0.15, 0.2) is 0 Å². The third kappa shape index (κ3) is 3.08. The molecule has 0 spiro atoms. The zero-order chi connectivity index (χ0) is 16.4. The molecule has 0 radical (unpaired) electrons. The van der Waals surface area contributed by atoms with Crippen LogP contribution in [-0.4, -0.2) is 33.4 Å². The Kier molecular flexibility index (Phi) is 4.10. The summed E-state index contributed by atoms with van der Waals surface area (Å²) < 4.78 is 0. The second-order valence-corrected chi connectivity index (χ2v) is 5.73. The molecule has 2 heterocycles. The van der Waals surface area contributed by atoms with Crippen molar-refractivity contribution < 1.29 is 14.7 Å². The molecule has 0 saturated carbocycles. The summed E-state index contributed by atoms with van der Waals surface area (Å²) in [5.74, 6) is -0.849. The van der Waals surface area contributed by atoms with Crippen LogP contribution in [0, 0.1) is 0 Å². The number of nitrogens with zero attached hydrogens (tertiary/aromatic N) is 2. The first-order valence-electron chi connectivity index (χ1n) is 7.63. The number of benzene rings is 1. The van der Waals surface area contributed by atoms with Crippen molar-refractivity contribution in [2.24, 2.45) is 0 Å². The van der Waals surface area contributed by atoms with Crippen molar-refractivity contribution in [2.45, 2.75) is 25.8 Å². The van der Waals surface area contributed by atoms with E-state index < -0.39 is 5.97 Å². The van der Waals surface area contributed by atoms with Gasteiger partial charge in [0.2, 0.25) is 5.91 Å². The number of carboxylic acids is 1. The molecule has 0 aliphatic carbocycles. The van der Waals surface area contributed by atoms with Crippen LogP contribution >= 0.6 is 0 Å². The first-order chi connectivity index (χ1) is 11.1. The molecule has 1 amide bonds. The second kappa shape index (κ2) is 6.20. The van der Waals surface area contributed by atoms with E-state index in [2.05, 4.69) is 4.98 Å². The Morgan fingerprint density at radius 3 is 2.61 bits per heavy atom. The zero-order valence-corrected chi connectivity index (χ0v) is 12.9. The van der Waals surface area contributed by atoms with Gasteiger partial charge in [-0.15, -0.1) is 0 Å². The third-order valence-corrected chi connectivity index (χ3v) is 4.25. The van der Waals surface area contributed by atoms with Crippen LogP contribution in [0.4, 0.5) is 0 Å². The predicted octanol–water partition coefficient (Wildman–Crippen LogP) is 3.13. The SMILES string of the molecule is CC(=O)N1CCCC1c1ccnc(-c2ccc(C(=O)O)cc2)c1. The van der Waals surface area contributed by atoms with Crippen LogP contribution in [0.2, 0.25) is 0 Å². The lowest BCUT2D eigenvalue weighted by atomic mass is 10.0. The summed E-state index contributed by atoms with van der Waals surface area (Å²) >= 11 is 0. The third-order valence-electron chi connectivity index (χ3n) is 4.25. The lowest BCUT2D eigenvalue weighted by molar-refractivity contribution is -0.129. The molecule has 1 aliphatic heterocycles. The zero-order valence-electron chi connectivity index (χ0n) is 12.9. The number of amides is 1. The maximum absolute atomic E-state index is 11.7. The molecule has 23 heavy (non-hydrogen) atoms. The van der Waals surface area contributed by atoms with E-state index in [0.717, 1.165) is 36.2 Å². The molecule has 1 N–H and O–H groups in total. The van der Waals surface area contributed by atoms with Gasteiger partial charge in [0.25, 0.3) is 0 Å². The van der Waals surface area contributed by atoms with Gasteiger partial charge in [-0.2, -0.15) is 0 Å². The summed E-state index contributed by atoms with van der Waals surface area (Å²) in [6.45, 7) is 2.40. The number of rotatable bonds is 3. The summed E-state index contributed by atoms with van der Waals surface area (Å²) in [5.41, 5.74) is 2.98. The average Bonchev–Trinajstić information content (AvgIpc) is 3.05. The van der Waals surface area contributed by atoms with Crippen molar-refractivity contribution in [2.75, 3.05) is 6.54 Å². The Bertz CT molecular complexity index is 740. The van der Waals surface area contributed by atoms with Gasteiger partial charge in [0.05, 0.1) is 17.3 Å². The lowest BCUT2D eigenvalue weighted by Crippen LogP contribution is -2.28. The molecule has 1 aromatic heterocycles. The minimum absolute atomic E-state index is 0.0941. The predicted molar refractivity (Wildman–Crippen MR) is 86.0 cm³/mol. The molecule has 118 valence electrons. The maximum Gasteiger partial charge on any atom is 0.335 e. The number of carbonyl (C=O) groups excluding carboxylic acids is 1. The van der Waals surface area contributed by atoms with Gasteiger partial charge in [0, 0.05) is 25.2 Å². The van der Waals surface area contributed by atoms with Crippen LogP contribution in [0.25, 0.3) is 11.3 Å². The van der Waals surface area contributed by atoms with E-state index >= 15 is 0 Å². The molecule has 1 atom stereocenters. The van der Waals surface area contributed by atoms with Crippen LogP contribution in [0.1, 0.15) is 41.7 Å². The van der Waals surface area contributed by atoms with E-state index in [0.29, 0.717) is 0 Å². The van der Waals surface area contributed by atoms with E-state index in [1.54, 1.807) is 37.4 Å². The van der Waals surface area contributed by atoms with E-state index in [-0.39, 0.29) is 17.5 Å². The number of aromatic nitrogens is 1. The highest BCUT2D eigenvalue weighted by molar-refractivity contribution is 5.88. The normalized spacial score (nSPS) is 17.3. The van der Waals surface area contributed by atoms with Crippen molar-refractivity contribution in [3.8, 4) is 11.3 Å². The van der Waals surface area contributed by atoms with Gasteiger partial charge in [-0.05, 0) is 42.7 Å². The van der Waals surface area contributed by atoms with Crippen LogP contribution in [0.5, 0.6) is 0 Å². The molecule has 1 aliphatic rings. The van der Waals surface area contributed by atoms with Crippen molar-refractivity contribution >= 4 is 11.9 Å². The summed E-state index contributed by atoms with van der Waals surface area (Å²) in [5, 5.41) is 8.96. The van der Waals surface area contributed by atoms with Gasteiger partial charge >= 0.3 is 5.97 Å². The van der Waals surface area contributed by atoms with Crippen molar-refractivity contribution in [1.82, 2.24) is 9.88 Å². The number of pyridine rings is 1. The second-order valence-electron chi connectivity index (χ2n) is 5.73. The van der Waals surface area contributed by atoms with E-state index in [1.165, 1.54) is 0 Å². The lowest BCUT2D eigenvalue weighted by Gasteiger charge is -2.23. The monoisotopic (exact) mass is 310 g/mol. The molecule has 1 fully saturated rings. The Balaban J connectivity index is 1.90. The fourth-order valence-corrected chi connectivity index (χ4v) is 3.09. The van der Waals surface area contributed by atoms with Gasteiger partial charge in [0.1, 0.15) is 0 Å². The average molecular weight is 310 g/mol. The molecule has 3 rings (SSSR count).